The number of hydrogen-bond acceptors (Lipinski definition) is 3. The number of benzene rings is 2. The van der Waals surface area contributed by atoms with Crippen LogP contribution in [0.3, 0.4) is 0 Å². The minimum atomic E-state index is -0.518. The number of amides is 1. The Morgan fingerprint density at radius 3 is 2.61 bits per heavy atom. The van der Waals surface area contributed by atoms with Crippen molar-refractivity contribution in [2.75, 3.05) is 7.11 Å². The molecule has 2 aromatic carbocycles. The van der Waals surface area contributed by atoms with Crippen LogP contribution in [0.1, 0.15) is 11.1 Å². The van der Waals surface area contributed by atoms with E-state index < -0.39 is 5.91 Å². The first kappa shape index (κ1) is 17.3. The molecule has 0 saturated heterocycles. The zero-order chi connectivity index (χ0) is 16.8. The van der Waals surface area contributed by atoms with Gasteiger partial charge in [-0.1, -0.05) is 12.1 Å². The van der Waals surface area contributed by atoms with Gasteiger partial charge in [0.2, 0.25) is 5.91 Å². The Morgan fingerprint density at radius 2 is 2.00 bits per heavy atom. The molecular formula is C17H15FINO3. The first-order chi connectivity index (χ1) is 11.0. The summed E-state index contributed by atoms with van der Waals surface area (Å²) in [4.78, 5) is 10.8. The predicted octanol–water partition coefficient (Wildman–Crippen LogP) is 3.52. The standard InChI is InChI=1S/C17H15FINO3/c1-22-15-9-12(4-7-16(20)21)8-14(19)17(15)23-10-11-2-5-13(18)6-3-11/h2-9H,10H2,1H3,(H2,20,21)/b7-4+. The van der Waals surface area contributed by atoms with E-state index in [0.717, 1.165) is 14.7 Å². The van der Waals surface area contributed by atoms with Gasteiger partial charge in [-0.2, -0.15) is 0 Å². The first-order valence-corrected chi connectivity index (χ1v) is 7.79. The van der Waals surface area contributed by atoms with Crippen LogP contribution >= 0.6 is 22.6 Å². The largest absolute Gasteiger partial charge is 0.493 e. The highest BCUT2D eigenvalue weighted by molar-refractivity contribution is 14.1. The lowest BCUT2D eigenvalue weighted by Gasteiger charge is -2.13. The fraction of sp³-hybridized carbons (Fsp3) is 0.118. The summed E-state index contributed by atoms with van der Waals surface area (Å²) in [5.41, 5.74) is 6.72. The Morgan fingerprint density at radius 1 is 1.30 bits per heavy atom. The molecule has 2 rings (SSSR count). The van der Waals surface area contributed by atoms with Gasteiger partial charge in [-0.05, 0) is 64.1 Å². The fourth-order valence-corrected chi connectivity index (χ4v) is 2.67. The number of primary amides is 1. The molecular weight excluding hydrogens is 412 g/mol. The van der Waals surface area contributed by atoms with E-state index in [9.17, 15) is 9.18 Å². The summed E-state index contributed by atoms with van der Waals surface area (Å²) in [7, 11) is 1.54. The van der Waals surface area contributed by atoms with E-state index >= 15 is 0 Å². The summed E-state index contributed by atoms with van der Waals surface area (Å²) >= 11 is 2.12. The van der Waals surface area contributed by atoms with E-state index in [4.69, 9.17) is 15.2 Å². The summed E-state index contributed by atoms with van der Waals surface area (Å²) in [6, 6.07) is 9.71. The summed E-state index contributed by atoms with van der Waals surface area (Å²) in [5, 5.41) is 0. The van der Waals surface area contributed by atoms with Gasteiger partial charge in [0.05, 0.1) is 10.7 Å². The van der Waals surface area contributed by atoms with E-state index in [2.05, 4.69) is 22.6 Å². The Labute approximate surface area is 147 Å². The molecule has 4 nitrogen and oxygen atoms in total. The van der Waals surface area contributed by atoms with Gasteiger partial charge >= 0.3 is 0 Å². The molecule has 0 aliphatic heterocycles. The zero-order valence-corrected chi connectivity index (χ0v) is 14.5. The minimum Gasteiger partial charge on any atom is -0.493 e. The maximum Gasteiger partial charge on any atom is 0.241 e. The van der Waals surface area contributed by atoms with Gasteiger partial charge in [0.1, 0.15) is 12.4 Å². The lowest BCUT2D eigenvalue weighted by molar-refractivity contribution is -0.113. The molecule has 0 heterocycles. The average Bonchev–Trinajstić information content (AvgIpc) is 2.53. The monoisotopic (exact) mass is 427 g/mol. The zero-order valence-electron chi connectivity index (χ0n) is 12.4. The summed E-state index contributed by atoms with van der Waals surface area (Å²) in [5.74, 6) is 0.332. The SMILES string of the molecule is COc1cc(/C=C/C(N)=O)cc(I)c1OCc1ccc(F)cc1. The Bertz CT molecular complexity index is 729. The van der Waals surface area contributed by atoms with E-state index in [1.807, 2.05) is 6.07 Å². The average molecular weight is 427 g/mol. The summed E-state index contributed by atoms with van der Waals surface area (Å²) in [6.07, 6.45) is 2.89. The third-order valence-electron chi connectivity index (χ3n) is 2.99. The second-order valence-corrected chi connectivity index (χ2v) is 5.85. The molecule has 2 N–H and O–H groups in total. The van der Waals surface area contributed by atoms with E-state index in [1.165, 1.54) is 25.3 Å². The summed E-state index contributed by atoms with van der Waals surface area (Å²) < 4.78 is 24.9. The molecule has 0 atom stereocenters. The molecule has 1 amide bonds. The topological polar surface area (TPSA) is 61.5 Å². The van der Waals surface area contributed by atoms with Gasteiger partial charge in [-0.25, -0.2) is 4.39 Å². The van der Waals surface area contributed by atoms with Crippen LogP contribution in [-0.4, -0.2) is 13.0 Å². The van der Waals surface area contributed by atoms with Crippen LogP contribution in [0, 0.1) is 9.39 Å². The van der Waals surface area contributed by atoms with Crippen LogP contribution in [0.2, 0.25) is 0 Å². The van der Waals surface area contributed by atoms with Gasteiger partial charge in [-0.3, -0.25) is 4.79 Å². The molecule has 0 spiro atoms. The molecule has 0 saturated carbocycles. The van der Waals surface area contributed by atoms with Crippen molar-refractivity contribution in [2.24, 2.45) is 5.73 Å². The van der Waals surface area contributed by atoms with Crippen LogP contribution < -0.4 is 15.2 Å². The quantitative estimate of drug-likeness (QED) is 0.567. The Kier molecular flexibility index (Phi) is 5.97. The molecule has 0 aliphatic carbocycles. The lowest BCUT2D eigenvalue weighted by atomic mass is 10.2. The summed E-state index contributed by atoms with van der Waals surface area (Å²) in [6.45, 7) is 0.295. The highest BCUT2D eigenvalue weighted by Gasteiger charge is 2.11. The highest BCUT2D eigenvalue weighted by Crippen LogP contribution is 2.34. The molecule has 6 heteroatoms. The van der Waals surface area contributed by atoms with Crippen LogP contribution in [0.25, 0.3) is 6.08 Å². The van der Waals surface area contributed by atoms with Crippen LogP contribution in [0.5, 0.6) is 11.5 Å². The number of nitrogens with two attached hydrogens (primary N) is 1. The third-order valence-corrected chi connectivity index (χ3v) is 3.79. The molecule has 0 radical (unpaired) electrons. The molecule has 120 valence electrons. The molecule has 0 aromatic heterocycles. The number of hydrogen-bond donors (Lipinski definition) is 1. The van der Waals surface area contributed by atoms with Crippen molar-refractivity contribution >= 4 is 34.6 Å². The van der Waals surface area contributed by atoms with E-state index in [-0.39, 0.29) is 5.82 Å². The minimum absolute atomic E-state index is 0.286. The van der Waals surface area contributed by atoms with Crippen molar-refractivity contribution in [1.29, 1.82) is 0 Å². The second-order valence-electron chi connectivity index (χ2n) is 4.68. The maximum absolute atomic E-state index is 12.9. The van der Waals surface area contributed by atoms with Crippen molar-refractivity contribution in [3.05, 3.63) is 63.0 Å². The van der Waals surface area contributed by atoms with Crippen molar-refractivity contribution in [1.82, 2.24) is 0 Å². The van der Waals surface area contributed by atoms with Crippen LogP contribution in [0.4, 0.5) is 4.39 Å². The van der Waals surface area contributed by atoms with Crippen molar-refractivity contribution in [3.63, 3.8) is 0 Å². The van der Waals surface area contributed by atoms with Crippen LogP contribution in [-0.2, 0) is 11.4 Å². The number of rotatable bonds is 6. The van der Waals surface area contributed by atoms with Gasteiger partial charge < -0.3 is 15.2 Å². The number of halogens is 2. The van der Waals surface area contributed by atoms with Crippen molar-refractivity contribution < 1.29 is 18.7 Å². The fourth-order valence-electron chi connectivity index (χ4n) is 1.89. The molecule has 23 heavy (non-hydrogen) atoms. The maximum atomic E-state index is 12.9. The number of carbonyl (C=O) groups is 1. The molecule has 0 unspecified atom stereocenters. The van der Waals surface area contributed by atoms with Crippen molar-refractivity contribution in [3.8, 4) is 11.5 Å². The Balaban J connectivity index is 2.20. The van der Waals surface area contributed by atoms with E-state index in [0.29, 0.717) is 18.1 Å². The number of ether oxygens (including phenoxy) is 2. The lowest BCUT2D eigenvalue weighted by Crippen LogP contribution is -2.05. The van der Waals surface area contributed by atoms with Gasteiger partial charge in [-0.15, -0.1) is 0 Å². The normalized spacial score (nSPS) is 10.7. The predicted molar refractivity (Wildman–Crippen MR) is 94.7 cm³/mol. The first-order valence-electron chi connectivity index (χ1n) is 6.72. The molecule has 0 bridgehead atoms. The number of methoxy groups -OCH3 is 1. The van der Waals surface area contributed by atoms with Gasteiger partial charge in [0, 0.05) is 6.08 Å². The molecule has 2 aromatic rings. The third kappa shape index (κ3) is 4.95. The highest BCUT2D eigenvalue weighted by atomic mass is 127. The van der Waals surface area contributed by atoms with Crippen molar-refractivity contribution in [2.45, 2.75) is 6.61 Å². The Hall–Kier alpha value is -2.09. The van der Waals surface area contributed by atoms with Gasteiger partial charge in [0.25, 0.3) is 0 Å². The number of carbonyl (C=O) groups excluding carboxylic acids is 1. The smallest absolute Gasteiger partial charge is 0.241 e. The molecule has 0 fully saturated rings. The molecule has 0 aliphatic rings. The van der Waals surface area contributed by atoms with Crippen LogP contribution in [0.15, 0.2) is 42.5 Å². The second kappa shape index (κ2) is 7.96. The van der Waals surface area contributed by atoms with Gasteiger partial charge in [0.15, 0.2) is 11.5 Å². The van der Waals surface area contributed by atoms with E-state index in [1.54, 1.807) is 24.3 Å².